The van der Waals surface area contributed by atoms with Crippen LogP contribution in [-0.4, -0.2) is 16.4 Å². The molecule has 2 rings (SSSR count). The fourth-order valence-electron chi connectivity index (χ4n) is 2.02. The van der Waals surface area contributed by atoms with Crippen LogP contribution in [0, 0.1) is 0 Å². The van der Waals surface area contributed by atoms with Crippen molar-refractivity contribution in [1.29, 1.82) is 0 Å². The van der Waals surface area contributed by atoms with Gasteiger partial charge in [0.15, 0.2) is 6.29 Å². The van der Waals surface area contributed by atoms with Crippen molar-refractivity contribution in [3.8, 4) is 16.9 Å². The van der Waals surface area contributed by atoms with E-state index in [1.54, 1.807) is 18.5 Å². The number of rotatable bonds is 2. The summed E-state index contributed by atoms with van der Waals surface area (Å²) in [7, 11) is 0. The van der Waals surface area contributed by atoms with Crippen molar-refractivity contribution in [3.63, 3.8) is 0 Å². The Bertz CT molecular complexity index is 598. The number of aromatic hydroxyl groups is 1. The van der Waals surface area contributed by atoms with E-state index in [1.807, 2.05) is 39.0 Å². The molecule has 1 aromatic carbocycles. The van der Waals surface area contributed by atoms with Crippen LogP contribution < -0.4 is 0 Å². The minimum atomic E-state index is -0.236. The van der Waals surface area contributed by atoms with Gasteiger partial charge in [-0.3, -0.25) is 9.78 Å². The van der Waals surface area contributed by atoms with Gasteiger partial charge in [-0.2, -0.15) is 0 Å². The fourth-order valence-corrected chi connectivity index (χ4v) is 2.02. The van der Waals surface area contributed by atoms with Gasteiger partial charge in [0.2, 0.25) is 0 Å². The number of pyridine rings is 1. The Morgan fingerprint density at radius 2 is 1.95 bits per heavy atom. The molecule has 0 bridgehead atoms. The maximum atomic E-state index is 11.1. The summed E-state index contributed by atoms with van der Waals surface area (Å²) in [6, 6.07) is 7.38. The van der Waals surface area contributed by atoms with E-state index in [-0.39, 0.29) is 11.2 Å². The van der Waals surface area contributed by atoms with E-state index in [0.717, 1.165) is 16.7 Å². The molecule has 0 saturated carbocycles. The third-order valence-electron chi connectivity index (χ3n) is 3.07. The maximum Gasteiger partial charge on any atom is 0.153 e. The van der Waals surface area contributed by atoms with Crippen molar-refractivity contribution in [2.45, 2.75) is 26.2 Å². The predicted octanol–water partition coefficient (Wildman–Crippen LogP) is 3.56. The summed E-state index contributed by atoms with van der Waals surface area (Å²) in [5.74, 6) is 0.0649. The number of phenols is 1. The Balaban J connectivity index is 2.68. The van der Waals surface area contributed by atoms with Gasteiger partial charge in [0.05, 0.1) is 5.56 Å². The van der Waals surface area contributed by atoms with Gasteiger partial charge in [0.25, 0.3) is 0 Å². The molecule has 0 unspecified atom stereocenters. The van der Waals surface area contributed by atoms with Crippen LogP contribution in [0.3, 0.4) is 0 Å². The van der Waals surface area contributed by atoms with Gasteiger partial charge in [-0.1, -0.05) is 26.8 Å². The average Bonchev–Trinajstić information content (AvgIpc) is 2.38. The minimum Gasteiger partial charge on any atom is -0.507 e. The van der Waals surface area contributed by atoms with Gasteiger partial charge < -0.3 is 5.11 Å². The number of hydrogen-bond donors (Lipinski definition) is 1. The lowest BCUT2D eigenvalue weighted by Crippen LogP contribution is -2.12. The zero-order valence-electron chi connectivity index (χ0n) is 11.3. The quantitative estimate of drug-likeness (QED) is 0.835. The number of carbonyl (C=O) groups excluding carboxylic acids is 1. The summed E-state index contributed by atoms with van der Waals surface area (Å²) in [6.07, 6.45) is 4.13. The van der Waals surface area contributed by atoms with E-state index in [2.05, 4.69) is 4.98 Å². The smallest absolute Gasteiger partial charge is 0.153 e. The van der Waals surface area contributed by atoms with Crippen molar-refractivity contribution in [3.05, 3.63) is 47.8 Å². The highest BCUT2D eigenvalue weighted by Gasteiger charge is 2.21. The first-order valence-electron chi connectivity index (χ1n) is 6.16. The summed E-state index contributed by atoms with van der Waals surface area (Å²) in [4.78, 5) is 15.2. The lowest BCUT2D eigenvalue weighted by molar-refractivity contribution is 0.112. The summed E-state index contributed by atoms with van der Waals surface area (Å²) in [6.45, 7) is 6.01. The van der Waals surface area contributed by atoms with Crippen LogP contribution in [0.25, 0.3) is 11.1 Å². The second kappa shape index (κ2) is 4.84. The number of hydrogen-bond acceptors (Lipinski definition) is 3. The molecule has 2 aromatic rings. The zero-order valence-corrected chi connectivity index (χ0v) is 11.3. The Kier molecular flexibility index (Phi) is 3.38. The van der Waals surface area contributed by atoms with Crippen molar-refractivity contribution in [2.75, 3.05) is 0 Å². The average molecular weight is 255 g/mol. The monoisotopic (exact) mass is 255 g/mol. The lowest BCUT2D eigenvalue weighted by Gasteiger charge is -2.22. The Hall–Kier alpha value is -2.16. The van der Waals surface area contributed by atoms with Crippen LogP contribution in [0.2, 0.25) is 0 Å². The van der Waals surface area contributed by atoms with E-state index in [9.17, 15) is 9.90 Å². The molecule has 98 valence electrons. The van der Waals surface area contributed by atoms with E-state index in [0.29, 0.717) is 11.8 Å². The molecule has 3 heteroatoms. The van der Waals surface area contributed by atoms with Crippen LogP contribution >= 0.6 is 0 Å². The van der Waals surface area contributed by atoms with Gasteiger partial charge in [-0.05, 0) is 29.2 Å². The lowest BCUT2D eigenvalue weighted by atomic mass is 9.83. The number of carbonyl (C=O) groups is 1. The molecule has 0 amide bonds. The molecule has 0 aliphatic rings. The third-order valence-corrected chi connectivity index (χ3v) is 3.07. The fraction of sp³-hybridized carbons (Fsp3) is 0.250. The van der Waals surface area contributed by atoms with E-state index in [4.69, 9.17) is 0 Å². The predicted molar refractivity (Wildman–Crippen MR) is 75.4 cm³/mol. The first kappa shape index (κ1) is 13.3. The van der Waals surface area contributed by atoms with Gasteiger partial charge in [0, 0.05) is 23.5 Å². The minimum absolute atomic E-state index is 0.0649. The van der Waals surface area contributed by atoms with E-state index in [1.165, 1.54) is 0 Å². The van der Waals surface area contributed by atoms with Gasteiger partial charge >= 0.3 is 0 Å². The number of aldehydes is 1. The summed E-state index contributed by atoms with van der Waals surface area (Å²) in [5, 5.41) is 10.1. The molecule has 0 saturated heterocycles. The molecule has 0 spiro atoms. The largest absolute Gasteiger partial charge is 0.507 e. The third kappa shape index (κ3) is 2.65. The molecule has 19 heavy (non-hydrogen) atoms. The Morgan fingerprint density at radius 3 is 2.47 bits per heavy atom. The number of aromatic nitrogens is 1. The molecule has 0 fully saturated rings. The van der Waals surface area contributed by atoms with E-state index < -0.39 is 0 Å². The summed E-state index contributed by atoms with van der Waals surface area (Å²) >= 11 is 0. The SMILES string of the molecule is CC(C)(C)c1cc(-c2cccnc2)cc(C=O)c1O. The number of nitrogens with zero attached hydrogens (tertiary/aromatic N) is 1. The molecule has 0 aliphatic heterocycles. The molecule has 3 nitrogen and oxygen atoms in total. The number of phenolic OH excluding ortho intramolecular Hbond substituents is 1. The van der Waals surface area contributed by atoms with Crippen molar-refractivity contribution in [1.82, 2.24) is 4.98 Å². The van der Waals surface area contributed by atoms with E-state index >= 15 is 0 Å². The normalized spacial score (nSPS) is 11.3. The maximum absolute atomic E-state index is 11.1. The second-order valence-electron chi connectivity index (χ2n) is 5.57. The summed E-state index contributed by atoms with van der Waals surface area (Å²) in [5.41, 5.74) is 2.65. The van der Waals surface area contributed by atoms with Gasteiger partial charge in [0.1, 0.15) is 5.75 Å². The molecular weight excluding hydrogens is 238 g/mol. The zero-order chi connectivity index (χ0) is 14.0. The van der Waals surface area contributed by atoms with Crippen LogP contribution in [0.1, 0.15) is 36.7 Å². The molecule has 1 N–H and O–H groups in total. The molecule has 0 radical (unpaired) electrons. The van der Waals surface area contributed by atoms with Gasteiger partial charge in [-0.15, -0.1) is 0 Å². The van der Waals surface area contributed by atoms with Crippen molar-refractivity contribution in [2.24, 2.45) is 0 Å². The molecular formula is C16H17NO2. The van der Waals surface area contributed by atoms with Crippen molar-refractivity contribution >= 4 is 6.29 Å². The molecule has 0 atom stereocenters. The molecule has 1 heterocycles. The van der Waals surface area contributed by atoms with Gasteiger partial charge in [-0.25, -0.2) is 0 Å². The summed E-state index contributed by atoms with van der Waals surface area (Å²) < 4.78 is 0. The van der Waals surface area contributed by atoms with Crippen LogP contribution in [0.4, 0.5) is 0 Å². The van der Waals surface area contributed by atoms with Crippen LogP contribution in [0.5, 0.6) is 5.75 Å². The molecule has 1 aromatic heterocycles. The Morgan fingerprint density at radius 1 is 1.21 bits per heavy atom. The first-order chi connectivity index (χ1) is 8.93. The van der Waals surface area contributed by atoms with Crippen LogP contribution in [0.15, 0.2) is 36.7 Å². The molecule has 0 aliphatic carbocycles. The highest BCUT2D eigenvalue weighted by Crippen LogP contribution is 2.36. The topological polar surface area (TPSA) is 50.2 Å². The second-order valence-corrected chi connectivity index (χ2v) is 5.57. The highest BCUT2D eigenvalue weighted by molar-refractivity contribution is 5.84. The van der Waals surface area contributed by atoms with Crippen LogP contribution in [-0.2, 0) is 5.41 Å². The standard InChI is InChI=1S/C16H17NO2/c1-16(2,3)14-8-12(7-13(10-18)15(14)19)11-5-4-6-17-9-11/h4-10,19H,1-3H3. The Labute approximate surface area is 112 Å². The number of benzene rings is 1. The first-order valence-corrected chi connectivity index (χ1v) is 6.16. The highest BCUT2D eigenvalue weighted by atomic mass is 16.3. The van der Waals surface area contributed by atoms with Crippen molar-refractivity contribution < 1.29 is 9.90 Å².